The number of aromatic nitrogens is 1. The van der Waals surface area contributed by atoms with Crippen molar-refractivity contribution in [2.75, 3.05) is 37.8 Å². The van der Waals surface area contributed by atoms with Crippen LogP contribution < -0.4 is 17.3 Å². The first-order valence-corrected chi connectivity index (χ1v) is 11.8. The van der Waals surface area contributed by atoms with Crippen molar-refractivity contribution in [2.24, 2.45) is 0 Å². The maximum Gasteiger partial charge on any atom is 0.244 e. The van der Waals surface area contributed by atoms with E-state index in [1.54, 1.807) is 18.2 Å². The monoisotopic (exact) mass is 466 g/mol. The Morgan fingerprint density at radius 2 is 1.77 bits per heavy atom. The van der Waals surface area contributed by atoms with Crippen molar-refractivity contribution < 1.29 is 25.6 Å². The molecule has 3 rings (SSSR count). The number of hydrogen-bond donors (Lipinski definition) is 0. The van der Waals surface area contributed by atoms with Crippen molar-refractivity contribution in [3.63, 3.8) is 0 Å². The molecule has 0 saturated heterocycles. The van der Waals surface area contributed by atoms with E-state index in [9.17, 15) is 13.2 Å². The van der Waals surface area contributed by atoms with Crippen LogP contribution in [0.5, 0.6) is 0 Å². The summed E-state index contributed by atoms with van der Waals surface area (Å²) in [5, 5.41) is 0.539. The van der Waals surface area contributed by atoms with Gasteiger partial charge in [-0.1, -0.05) is 35.6 Å². The Bertz CT molecular complexity index is 1100. The van der Waals surface area contributed by atoms with Crippen molar-refractivity contribution in [3.8, 4) is 0 Å². The van der Waals surface area contributed by atoms with E-state index in [2.05, 4.69) is 4.98 Å². The van der Waals surface area contributed by atoms with Crippen LogP contribution in [-0.2, 0) is 14.6 Å². The second-order valence-corrected chi connectivity index (χ2v) is 10.2. The number of carbonyl (C=O) groups is 1. The molecule has 162 valence electrons. The van der Waals surface area contributed by atoms with Crippen molar-refractivity contribution in [1.29, 1.82) is 0 Å². The number of amides is 1. The summed E-state index contributed by atoms with van der Waals surface area (Å²) in [4.78, 5) is 21.3. The third kappa shape index (κ3) is 6.01. The molecule has 0 spiro atoms. The molecule has 1 heterocycles. The standard InChI is InChI=1S/C21H25N3O3S2.ClH/c1-16-10-11-18-19(14-16)28-21(22-18)24(13-7-12-23(2)3)20(25)15-29(26,27)17-8-5-4-6-9-17;/h4-6,8-11,14H,7,12-13,15H2,1-3H3;1H/p-1. The maximum absolute atomic E-state index is 13.1. The van der Waals surface area contributed by atoms with E-state index < -0.39 is 21.5 Å². The highest BCUT2D eigenvalue weighted by molar-refractivity contribution is 7.92. The Hall–Kier alpha value is -2.00. The smallest absolute Gasteiger partial charge is 0.244 e. The lowest BCUT2D eigenvalue weighted by Crippen LogP contribution is -3.00. The SMILES string of the molecule is Cc1ccc2nc(N(CCCN(C)C)C(=O)CS(=O)(=O)c3ccccc3)sc2c1.[Cl-]. The molecule has 0 N–H and O–H groups in total. The topological polar surface area (TPSA) is 70.6 Å². The molecular formula is C21H25ClN3O3S2-. The minimum Gasteiger partial charge on any atom is -1.00 e. The van der Waals surface area contributed by atoms with Crippen LogP contribution >= 0.6 is 11.3 Å². The molecule has 0 unspecified atom stereocenters. The van der Waals surface area contributed by atoms with E-state index in [1.165, 1.54) is 28.4 Å². The first-order chi connectivity index (χ1) is 13.8. The summed E-state index contributed by atoms with van der Waals surface area (Å²) < 4.78 is 26.4. The van der Waals surface area contributed by atoms with Gasteiger partial charge in [0, 0.05) is 6.54 Å². The number of hydrogen-bond acceptors (Lipinski definition) is 6. The molecule has 0 fully saturated rings. The van der Waals surface area contributed by atoms with E-state index in [0.29, 0.717) is 11.7 Å². The van der Waals surface area contributed by atoms with E-state index >= 15 is 0 Å². The summed E-state index contributed by atoms with van der Waals surface area (Å²) in [7, 11) is 0.214. The van der Waals surface area contributed by atoms with Crippen LogP contribution in [0, 0.1) is 6.92 Å². The molecule has 6 nitrogen and oxygen atoms in total. The number of sulfone groups is 1. The summed E-state index contributed by atoms with van der Waals surface area (Å²) in [6, 6.07) is 14.0. The van der Waals surface area contributed by atoms with Crippen LogP contribution in [0.25, 0.3) is 10.2 Å². The van der Waals surface area contributed by atoms with Crippen LogP contribution in [0.15, 0.2) is 53.4 Å². The average Bonchev–Trinajstić information content (AvgIpc) is 3.07. The van der Waals surface area contributed by atoms with Crippen LogP contribution in [-0.4, -0.2) is 57.1 Å². The quantitative estimate of drug-likeness (QED) is 0.479. The molecule has 2 aromatic carbocycles. The van der Waals surface area contributed by atoms with E-state index in [1.807, 2.05) is 44.1 Å². The Morgan fingerprint density at radius 1 is 1.07 bits per heavy atom. The minimum absolute atomic E-state index is 0. The van der Waals surface area contributed by atoms with Gasteiger partial charge in [-0.15, -0.1) is 0 Å². The molecular weight excluding hydrogens is 442 g/mol. The third-order valence-electron chi connectivity index (χ3n) is 4.47. The zero-order valence-electron chi connectivity index (χ0n) is 17.2. The minimum atomic E-state index is -3.72. The lowest BCUT2D eigenvalue weighted by molar-refractivity contribution is -0.116. The summed E-state index contributed by atoms with van der Waals surface area (Å²) in [6.07, 6.45) is 0.721. The predicted octanol–water partition coefficient (Wildman–Crippen LogP) is 0.367. The number of carbonyl (C=O) groups excluding carboxylic acids is 1. The fourth-order valence-corrected chi connectivity index (χ4v) is 5.29. The Morgan fingerprint density at radius 3 is 2.43 bits per heavy atom. The molecule has 30 heavy (non-hydrogen) atoms. The van der Waals surface area contributed by atoms with Gasteiger partial charge in [0.15, 0.2) is 15.0 Å². The fraction of sp³-hybridized carbons (Fsp3) is 0.333. The van der Waals surface area contributed by atoms with Gasteiger partial charge in [-0.3, -0.25) is 9.69 Å². The van der Waals surface area contributed by atoms with Gasteiger partial charge in [-0.2, -0.15) is 0 Å². The number of rotatable bonds is 8. The number of aryl methyl sites for hydroxylation is 1. The van der Waals surface area contributed by atoms with E-state index in [-0.39, 0.29) is 17.3 Å². The molecule has 0 aliphatic rings. The zero-order valence-corrected chi connectivity index (χ0v) is 19.6. The van der Waals surface area contributed by atoms with Crippen molar-refractivity contribution in [3.05, 3.63) is 54.1 Å². The lowest BCUT2D eigenvalue weighted by Gasteiger charge is -2.21. The van der Waals surface area contributed by atoms with Gasteiger partial charge in [-0.25, -0.2) is 13.4 Å². The maximum atomic E-state index is 13.1. The highest BCUT2D eigenvalue weighted by Gasteiger charge is 2.26. The first kappa shape index (κ1) is 24.3. The van der Waals surface area contributed by atoms with Crippen molar-refractivity contribution in [2.45, 2.75) is 18.2 Å². The predicted molar refractivity (Wildman–Crippen MR) is 118 cm³/mol. The molecule has 0 saturated carbocycles. The second-order valence-electron chi connectivity index (χ2n) is 7.24. The van der Waals surface area contributed by atoms with Gasteiger partial charge in [0.25, 0.3) is 0 Å². The number of anilines is 1. The Kier molecular flexibility index (Phi) is 8.37. The first-order valence-electron chi connectivity index (χ1n) is 9.36. The molecule has 9 heteroatoms. The molecule has 3 aromatic rings. The van der Waals surface area contributed by atoms with E-state index in [0.717, 1.165) is 28.7 Å². The molecule has 0 aliphatic heterocycles. The molecule has 0 aliphatic carbocycles. The Labute approximate surface area is 187 Å². The normalized spacial score (nSPS) is 11.5. The van der Waals surface area contributed by atoms with Gasteiger partial charge in [-0.05, 0) is 63.8 Å². The molecule has 0 bridgehead atoms. The molecule has 0 radical (unpaired) electrons. The third-order valence-corrected chi connectivity index (χ3v) is 7.13. The van der Waals surface area contributed by atoms with Crippen LogP contribution in [0.4, 0.5) is 5.13 Å². The second kappa shape index (κ2) is 10.3. The number of nitrogens with zero attached hydrogens (tertiary/aromatic N) is 3. The number of fused-ring (bicyclic) bond motifs is 1. The highest BCUT2D eigenvalue weighted by atomic mass is 35.5. The van der Waals surface area contributed by atoms with Crippen molar-refractivity contribution in [1.82, 2.24) is 9.88 Å². The van der Waals surface area contributed by atoms with Crippen molar-refractivity contribution >= 4 is 42.4 Å². The van der Waals surface area contributed by atoms with Crippen LogP contribution in [0.1, 0.15) is 12.0 Å². The van der Waals surface area contributed by atoms with Gasteiger partial charge in [0.1, 0.15) is 5.75 Å². The summed E-state index contributed by atoms with van der Waals surface area (Å²) in [6.45, 7) is 3.21. The highest BCUT2D eigenvalue weighted by Crippen LogP contribution is 2.30. The number of halogens is 1. The van der Waals surface area contributed by atoms with Crippen LogP contribution in [0.3, 0.4) is 0 Å². The number of benzene rings is 2. The summed E-state index contributed by atoms with van der Waals surface area (Å²) >= 11 is 1.41. The summed E-state index contributed by atoms with van der Waals surface area (Å²) in [5.41, 5.74) is 1.93. The average molecular weight is 467 g/mol. The molecule has 1 aromatic heterocycles. The summed E-state index contributed by atoms with van der Waals surface area (Å²) in [5.74, 6) is -1.03. The lowest BCUT2D eigenvalue weighted by atomic mass is 10.2. The van der Waals surface area contributed by atoms with Gasteiger partial charge in [0.2, 0.25) is 5.91 Å². The molecule has 1 amide bonds. The van der Waals surface area contributed by atoms with Gasteiger partial charge < -0.3 is 17.3 Å². The Balaban J connectivity index is 0.00000320. The fourth-order valence-electron chi connectivity index (χ4n) is 2.96. The molecule has 0 atom stereocenters. The van der Waals surface area contributed by atoms with Crippen LogP contribution in [0.2, 0.25) is 0 Å². The largest absolute Gasteiger partial charge is 1.00 e. The van der Waals surface area contributed by atoms with Gasteiger partial charge in [0.05, 0.1) is 15.1 Å². The number of thiazole rings is 1. The van der Waals surface area contributed by atoms with E-state index in [4.69, 9.17) is 0 Å². The zero-order chi connectivity index (χ0) is 21.0. The van der Waals surface area contributed by atoms with Gasteiger partial charge >= 0.3 is 0 Å².